The second kappa shape index (κ2) is 6.22. The molecule has 4 nitrogen and oxygen atoms in total. The van der Waals surface area contributed by atoms with E-state index in [0.717, 1.165) is 44.0 Å². The molecule has 0 saturated carbocycles. The number of fused-ring (bicyclic) bond motifs is 3. The number of aromatic nitrogens is 2. The van der Waals surface area contributed by atoms with Gasteiger partial charge >= 0.3 is 0 Å². The van der Waals surface area contributed by atoms with Gasteiger partial charge in [-0.25, -0.2) is 9.97 Å². The van der Waals surface area contributed by atoms with Crippen molar-refractivity contribution in [3.05, 3.63) is 41.6 Å². The first-order chi connectivity index (χ1) is 10.2. The van der Waals surface area contributed by atoms with Crippen LogP contribution in [0.4, 0.5) is 5.95 Å². The molecule has 1 aromatic heterocycles. The lowest BCUT2D eigenvalue weighted by Gasteiger charge is -2.19. The standard InChI is InChI=1S/C17H22N4/c1-21(2)11-5-10-18-17-19-12-14-9-8-13-6-3-4-7-15(13)16(14)20-17/h3-4,6-7,12H,5,8-11H2,1-2H3,(H,18,19,20). The second-order valence-electron chi connectivity index (χ2n) is 5.81. The molecule has 0 radical (unpaired) electrons. The molecule has 1 aliphatic rings. The van der Waals surface area contributed by atoms with Crippen molar-refractivity contribution in [2.24, 2.45) is 0 Å². The number of aryl methyl sites for hydroxylation is 2. The smallest absolute Gasteiger partial charge is 0.223 e. The van der Waals surface area contributed by atoms with E-state index in [0.29, 0.717) is 0 Å². The Morgan fingerprint density at radius 1 is 1.14 bits per heavy atom. The maximum absolute atomic E-state index is 4.74. The number of nitrogens with zero attached hydrogens (tertiary/aromatic N) is 3. The molecule has 0 atom stereocenters. The highest BCUT2D eigenvalue weighted by atomic mass is 15.1. The van der Waals surface area contributed by atoms with Crippen LogP contribution in [-0.2, 0) is 12.8 Å². The van der Waals surface area contributed by atoms with E-state index in [4.69, 9.17) is 4.98 Å². The molecule has 1 N–H and O–H groups in total. The highest BCUT2D eigenvalue weighted by Crippen LogP contribution is 2.31. The third-order valence-electron chi connectivity index (χ3n) is 3.87. The quantitative estimate of drug-likeness (QED) is 0.856. The van der Waals surface area contributed by atoms with Crippen LogP contribution >= 0.6 is 0 Å². The summed E-state index contributed by atoms with van der Waals surface area (Å²) in [6.07, 6.45) is 5.19. The topological polar surface area (TPSA) is 41.0 Å². The third kappa shape index (κ3) is 3.22. The molecule has 0 amide bonds. The van der Waals surface area contributed by atoms with E-state index >= 15 is 0 Å². The average molecular weight is 282 g/mol. The lowest BCUT2D eigenvalue weighted by atomic mass is 9.90. The molecule has 0 fully saturated rings. The molecule has 0 aliphatic heterocycles. The van der Waals surface area contributed by atoms with Gasteiger partial charge in [-0.15, -0.1) is 0 Å². The van der Waals surface area contributed by atoms with Crippen LogP contribution in [0.3, 0.4) is 0 Å². The van der Waals surface area contributed by atoms with Crippen LogP contribution in [0, 0.1) is 0 Å². The van der Waals surface area contributed by atoms with Crippen LogP contribution in [0.5, 0.6) is 0 Å². The molecule has 110 valence electrons. The highest BCUT2D eigenvalue weighted by molar-refractivity contribution is 5.70. The van der Waals surface area contributed by atoms with E-state index < -0.39 is 0 Å². The summed E-state index contributed by atoms with van der Waals surface area (Å²) >= 11 is 0. The van der Waals surface area contributed by atoms with E-state index in [9.17, 15) is 0 Å². The minimum Gasteiger partial charge on any atom is -0.354 e. The third-order valence-corrected chi connectivity index (χ3v) is 3.87. The highest BCUT2D eigenvalue weighted by Gasteiger charge is 2.17. The second-order valence-corrected chi connectivity index (χ2v) is 5.81. The van der Waals surface area contributed by atoms with Crippen LogP contribution < -0.4 is 5.32 Å². The lowest BCUT2D eigenvalue weighted by Crippen LogP contribution is -2.17. The first kappa shape index (κ1) is 14.0. The summed E-state index contributed by atoms with van der Waals surface area (Å²) in [6.45, 7) is 1.97. The Balaban J connectivity index is 1.75. The van der Waals surface area contributed by atoms with Gasteiger partial charge in [0.15, 0.2) is 0 Å². The van der Waals surface area contributed by atoms with Gasteiger partial charge in [-0.3, -0.25) is 0 Å². The molecule has 21 heavy (non-hydrogen) atoms. The van der Waals surface area contributed by atoms with Crippen molar-refractivity contribution in [3.8, 4) is 11.3 Å². The van der Waals surface area contributed by atoms with Gasteiger partial charge in [0.2, 0.25) is 5.95 Å². The Morgan fingerprint density at radius 3 is 2.81 bits per heavy atom. The Labute approximate surface area is 126 Å². The zero-order valence-electron chi connectivity index (χ0n) is 12.8. The molecule has 1 aliphatic carbocycles. The molecule has 2 aromatic rings. The molecular formula is C17H22N4. The lowest BCUT2D eigenvalue weighted by molar-refractivity contribution is 0.405. The van der Waals surface area contributed by atoms with Crippen LogP contribution in [-0.4, -0.2) is 42.1 Å². The predicted molar refractivity (Wildman–Crippen MR) is 86.5 cm³/mol. The van der Waals surface area contributed by atoms with Crippen molar-refractivity contribution in [1.29, 1.82) is 0 Å². The van der Waals surface area contributed by atoms with E-state index in [2.05, 4.69) is 53.6 Å². The molecule has 4 heteroatoms. The maximum atomic E-state index is 4.74. The monoisotopic (exact) mass is 282 g/mol. The van der Waals surface area contributed by atoms with Gasteiger partial charge in [-0.2, -0.15) is 0 Å². The van der Waals surface area contributed by atoms with Gasteiger partial charge in [0.25, 0.3) is 0 Å². The van der Waals surface area contributed by atoms with E-state index in [1.54, 1.807) is 0 Å². The van der Waals surface area contributed by atoms with Crippen LogP contribution in [0.1, 0.15) is 17.5 Å². The Kier molecular flexibility index (Phi) is 4.15. The molecule has 1 heterocycles. The molecule has 1 aromatic carbocycles. The molecule has 0 bridgehead atoms. The maximum Gasteiger partial charge on any atom is 0.223 e. The Morgan fingerprint density at radius 2 is 1.95 bits per heavy atom. The van der Waals surface area contributed by atoms with Gasteiger partial charge in [0, 0.05) is 18.3 Å². The minimum absolute atomic E-state index is 0.740. The SMILES string of the molecule is CN(C)CCCNc1ncc2c(n1)-c1ccccc1CC2. The van der Waals surface area contributed by atoms with Gasteiger partial charge in [-0.1, -0.05) is 24.3 Å². The first-order valence-electron chi connectivity index (χ1n) is 7.57. The minimum atomic E-state index is 0.740. The molecule has 0 unspecified atom stereocenters. The summed E-state index contributed by atoms with van der Waals surface area (Å²) in [5.41, 5.74) is 5.01. The number of anilines is 1. The van der Waals surface area contributed by atoms with E-state index in [-0.39, 0.29) is 0 Å². The van der Waals surface area contributed by atoms with Crippen molar-refractivity contribution in [2.45, 2.75) is 19.3 Å². The molecule has 0 spiro atoms. The van der Waals surface area contributed by atoms with Gasteiger partial charge < -0.3 is 10.2 Å². The van der Waals surface area contributed by atoms with Crippen LogP contribution in [0.25, 0.3) is 11.3 Å². The van der Waals surface area contributed by atoms with Gasteiger partial charge in [0.05, 0.1) is 5.69 Å². The average Bonchev–Trinajstić information content (AvgIpc) is 2.51. The van der Waals surface area contributed by atoms with Crippen molar-refractivity contribution >= 4 is 5.95 Å². The Bertz CT molecular complexity index is 622. The van der Waals surface area contributed by atoms with Crippen molar-refractivity contribution < 1.29 is 0 Å². The predicted octanol–water partition coefficient (Wildman–Crippen LogP) is 2.61. The number of rotatable bonds is 5. The zero-order chi connectivity index (χ0) is 14.7. The van der Waals surface area contributed by atoms with Crippen LogP contribution in [0.2, 0.25) is 0 Å². The Hall–Kier alpha value is -1.94. The summed E-state index contributed by atoms with van der Waals surface area (Å²) in [4.78, 5) is 11.4. The van der Waals surface area contributed by atoms with E-state index in [1.165, 1.54) is 16.7 Å². The molecule has 3 rings (SSSR count). The first-order valence-corrected chi connectivity index (χ1v) is 7.57. The summed E-state index contributed by atoms with van der Waals surface area (Å²) in [5.74, 6) is 0.740. The number of benzene rings is 1. The number of nitrogens with one attached hydrogen (secondary N) is 1. The van der Waals surface area contributed by atoms with Crippen molar-refractivity contribution in [3.63, 3.8) is 0 Å². The number of hydrogen-bond donors (Lipinski definition) is 1. The fourth-order valence-corrected chi connectivity index (χ4v) is 2.74. The summed E-state index contributed by atoms with van der Waals surface area (Å²) in [7, 11) is 4.18. The number of hydrogen-bond acceptors (Lipinski definition) is 4. The fourth-order valence-electron chi connectivity index (χ4n) is 2.74. The molecular weight excluding hydrogens is 260 g/mol. The zero-order valence-corrected chi connectivity index (χ0v) is 12.8. The van der Waals surface area contributed by atoms with Crippen LogP contribution in [0.15, 0.2) is 30.5 Å². The van der Waals surface area contributed by atoms with Crippen molar-refractivity contribution in [1.82, 2.24) is 14.9 Å². The largest absolute Gasteiger partial charge is 0.354 e. The summed E-state index contributed by atoms with van der Waals surface area (Å²) in [5, 5.41) is 3.33. The summed E-state index contributed by atoms with van der Waals surface area (Å²) < 4.78 is 0. The van der Waals surface area contributed by atoms with E-state index in [1.807, 2.05) is 6.20 Å². The normalized spacial score (nSPS) is 12.9. The van der Waals surface area contributed by atoms with Gasteiger partial charge in [0.1, 0.15) is 0 Å². The van der Waals surface area contributed by atoms with Gasteiger partial charge in [-0.05, 0) is 51.0 Å². The summed E-state index contributed by atoms with van der Waals surface area (Å²) in [6, 6.07) is 8.55. The molecule has 0 saturated heterocycles. The van der Waals surface area contributed by atoms with Crippen molar-refractivity contribution in [2.75, 3.05) is 32.5 Å². The fraction of sp³-hybridized carbons (Fsp3) is 0.412.